The molecule has 18 heavy (non-hydrogen) atoms. The highest BCUT2D eigenvalue weighted by Gasteiger charge is 2.33. The number of aryl methyl sites for hydroxylation is 1. The molecule has 1 aliphatic rings. The summed E-state index contributed by atoms with van der Waals surface area (Å²) < 4.78 is 0. The second kappa shape index (κ2) is 5.15. The molecule has 1 amide bonds. The Bertz CT molecular complexity index is 503. The Morgan fingerprint density at radius 2 is 2.33 bits per heavy atom. The number of aliphatic hydroxyl groups is 1. The molecule has 1 saturated carbocycles. The monoisotopic (exact) mass is 245 g/mol. The van der Waals surface area contributed by atoms with Crippen molar-refractivity contribution >= 4 is 5.91 Å². The van der Waals surface area contributed by atoms with Crippen molar-refractivity contribution in [2.75, 3.05) is 13.2 Å². The Morgan fingerprint density at radius 1 is 1.61 bits per heavy atom. The summed E-state index contributed by atoms with van der Waals surface area (Å²) in [5, 5.41) is 17.8. The van der Waals surface area contributed by atoms with Gasteiger partial charge in [0.2, 0.25) is 0 Å². The molecule has 0 spiro atoms. The molecule has 5 heteroatoms. The fraction of sp³-hybridized carbons (Fsp3) is 0.462. The maximum absolute atomic E-state index is 12.2. The van der Waals surface area contributed by atoms with Gasteiger partial charge in [-0.3, -0.25) is 4.79 Å². The number of hydrogen-bond acceptors (Lipinski definition) is 4. The third-order valence-corrected chi connectivity index (χ3v) is 3.01. The number of carbonyl (C=O) groups excluding carboxylic acids is 1. The highest BCUT2D eigenvalue weighted by atomic mass is 16.3. The normalized spacial score (nSPS) is 14.1. The summed E-state index contributed by atoms with van der Waals surface area (Å²) in [7, 11) is 0. The summed E-state index contributed by atoms with van der Waals surface area (Å²) in [5.41, 5.74) is 1.38. The smallest absolute Gasteiger partial charge is 0.272 e. The van der Waals surface area contributed by atoms with E-state index in [4.69, 9.17) is 10.4 Å². The maximum Gasteiger partial charge on any atom is 0.272 e. The first-order valence-electron chi connectivity index (χ1n) is 5.97. The Morgan fingerprint density at radius 3 is 2.83 bits per heavy atom. The first kappa shape index (κ1) is 12.5. The molecule has 1 aromatic heterocycles. The van der Waals surface area contributed by atoms with E-state index in [2.05, 4.69) is 4.98 Å². The fourth-order valence-corrected chi connectivity index (χ4v) is 1.89. The zero-order chi connectivity index (χ0) is 13.1. The molecular formula is C13H15N3O2. The van der Waals surface area contributed by atoms with Gasteiger partial charge in [-0.2, -0.15) is 5.26 Å². The number of hydrogen-bond donors (Lipinski definition) is 1. The Labute approximate surface area is 106 Å². The molecule has 2 rings (SSSR count). The minimum Gasteiger partial charge on any atom is -0.395 e. The molecule has 1 aromatic rings. The molecule has 1 fully saturated rings. The topological polar surface area (TPSA) is 77.2 Å². The molecule has 0 atom stereocenters. The van der Waals surface area contributed by atoms with E-state index in [9.17, 15) is 4.79 Å². The van der Waals surface area contributed by atoms with E-state index >= 15 is 0 Å². The van der Waals surface area contributed by atoms with Crippen LogP contribution in [0, 0.1) is 18.3 Å². The van der Waals surface area contributed by atoms with Gasteiger partial charge in [0.1, 0.15) is 11.8 Å². The zero-order valence-corrected chi connectivity index (χ0v) is 10.3. The van der Waals surface area contributed by atoms with Crippen LogP contribution in [0.1, 0.15) is 34.6 Å². The third kappa shape index (κ3) is 2.49. The lowest BCUT2D eigenvalue weighted by molar-refractivity contribution is 0.0701. The van der Waals surface area contributed by atoms with Crippen molar-refractivity contribution in [2.24, 2.45) is 0 Å². The first-order valence-corrected chi connectivity index (χ1v) is 5.97. The summed E-state index contributed by atoms with van der Waals surface area (Å²) in [6.45, 7) is 2.00. The molecule has 0 aromatic carbocycles. The summed E-state index contributed by atoms with van der Waals surface area (Å²) >= 11 is 0. The lowest BCUT2D eigenvalue weighted by Crippen LogP contribution is -2.36. The fourth-order valence-electron chi connectivity index (χ4n) is 1.89. The SMILES string of the molecule is Cc1nc(C(=O)N(CCO)C2CC2)ccc1C#N. The molecule has 1 aliphatic carbocycles. The Kier molecular flexibility index (Phi) is 3.58. The molecule has 0 saturated heterocycles. The van der Waals surface area contributed by atoms with E-state index in [1.165, 1.54) is 0 Å². The van der Waals surface area contributed by atoms with Crippen LogP contribution in [-0.2, 0) is 0 Å². The van der Waals surface area contributed by atoms with Crippen molar-refractivity contribution in [2.45, 2.75) is 25.8 Å². The molecule has 5 nitrogen and oxygen atoms in total. The van der Waals surface area contributed by atoms with Crippen LogP contribution in [-0.4, -0.2) is 40.1 Å². The van der Waals surface area contributed by atoms with Gasteiger partial charge >= 0.3 is 0 Å². The van der Waals surface area contributed by atoms with Gasteiger partial charge < -0.3 is 10.0 Å². The second-order valence-electron chi connectivity index (χ2n) is 4.39. The Hall–Kier alpha value is -1.93. The first-order chi connectivity index (χ1) is 8.67. The number of carbonyl (C=O) groups is 1. The van der Waals surface area contributed by atoms with Crippen molar-refractivity contribution in [3.8, 4) is 6.07 Å². The van der Waals surface area contributed by atoms with E-state index in [-0.39, 0.29) is 18.6 Å². The summed E-state index contributed by atoms with van der Waals surface area (Å²) in [6.07, 6.45) is 1.97. The van der Waals surface area contributed by atoms with Crippen molar-refractivity contribution in [1.29, 1.82) is 5.26 Å². The van der Waals surface area contributed by atoms with E-state index in [0.29, 0.717) is 23.5 Å². The van der Waals surface area contributed by atoms with Crippen LogP contribution in [0.3, 0.4) is 0 Å². The lowest BCUT2D eigenvalue weighted by atomic mass is 10.2. The van der Waals surface area contributed by atoms with Gasteiger partial charge in [0.25, 0.3) is 5.91 Å². The largest absolute Gasteiger partial charge is 0.395 e. The minimum absolute atomic E-state index is 0.0441. The average molecular weight is 245 g/mol. The van der Waals surface area contributed by atoms with Crippen LogP contribution in [0.25, 0.3) is 0 Å². The number of aromatic nitrogens is 1. The summed E-state index contributed by atoms with van der Waals surface area (Å²) in [6, 6.07) is 5.44. The van der Waals surface area contributed by atoms with Gasteiger partial charge in [-0.05, 0) is 31.9 Å². The van der Waals surface area contributed by atoms with E-state index in [1.807, 2.05) is 6.07 Å². The average Bonchev–Trinajstić information content (AvgIpc) is 3.19. The van der Waals surface area contributed by atoms with Crippen LogP contribution in [0.5, 0.6) is 0 Å². The van der Waals surface area contributed by atoms with Crippen molar-refractivity contribution < 1.29 is 9.90 Å². The number of amides is 1. The predicted molar refractivity (Wildman–Crippen MR) is 64.8 cm³/mol. The van der Waals surface area contributed by atoms with Crippen LogP contribution in [0.4, 0.5) is 0 Å². The number of rotatable bonds is 4. The second-order valence-corrected chi connectivity index (χ2v) is 4.39. The summed E-state index contributed by atoms with van der Waals surface area (Å²) in [5.74, 6) is -0.167. The number of nitrogens with zero attached hydrogens (tertiary/aromatic N) is 3. The van der Waals surface area contributed by atoms with Crippen molar-refractivity contribution in [3.63, 3.8) is 0 Å². The van der Waals surface area contributed by atoms with E-state index in [0.717, 1.165) is 12.8 Å². The molecule has 1 N–H and O–H groups in total. The molecule has 0 bridgehead atoms. The van der Waals surface area contributed by atoms with E-state index < -0.39 is 0 Å². The van der Waals surface area contributed by atoms with Gasteiger partial charge in [-0.15, -0.1) is 0 Å². The highest BCUT2D eigenvalue weighted by Crippen LogP contribution is 2.27. The van der Waals surface area contributed by atoms with Crippen LogP contribution < -0.4 is 0 Å². The number of nitriles is 1. The van der Waals surface area contributed by atoms with Gasteiger partial charge in [0.05, 0.1) is 17.9 Å². The van der Waals surface area contributed by atoms with Gasteiger partial charge in [0.15, 0.2) is 0 Å². The molecule has 94 valence electrons. The summed E-state index contributed by atoms with van der Waals surface area (Å²) in [4.78, 5) is 18.1. The molecule has 0 aliphatic heterocycles. The molecular weight excluding hydrogens is 230 g/mol. The third-order valence-electron chi connectivity index (χ3n) is 3.01. The highest BCUT2D eigenvalue weighted by molar-refractivity contribution is 5.92. The van der Waals surface area contributed by atoms with E-state index in [1.54, 1.807) is 24.0 Å². The van der Waals surface area contributed by atoms with Crippen molar-refractivity contribution in [3.05, 3.63) is 29.1 Å². The van der Waals surface area contributed by atoms with Crippen LogP contribution >= 0.6 is 0 Å². The number of pyridine rings is 1. The van der Waals surface area contributed by atoms with Crippen LogP contribution in [0.15, 0.2) is 12.1 Å². The predicted octanol–water partition coefficient (Wildman–Crippen LogP) is 0.859. The van der Waals surface area contributed by atoms with Gasteiger partial charge in [-0.25, -0.2) is 4.98 Å². The molecule has 0 radical (unpaired) electrons. The van der Waals surface area contributed by atoms with Gasteiger partial charge in [0, 0.05) is 12.6 Å². The molecule has 0 unspecified atom stereocenters. The van der Waals surface area contributed by atoms with Gasteiger partial charge in [-0.1, -0.05) is 0 Å². The van der Waals surface area contributed by atoms with Crippen molar-refractivity contribution in [1.82, 2.24) is 9.88 Å². The minimum atomic E-state index is -0.167. The van der Waals surface area contributed by atoms with Crippen LogP contribution in [0.2, 0.25) is 0 Å². The lowest BCUT2D eigenvalue weighted by Gasteiger charge is -2.20. The number of aliphatic hydroxyl groups excluding tert-OH is 1. The standard InChI is InChI=1S/C13H15N3O2/c1-9-10(8-14)2-5-12(15-9)13(18)16(6-7-17)11-3-4-11/h2,5,11,17H,3-4,6-7H2,1H3. The zero-order valence-electron chi connectivity index (χ0n) is 10.3. The quantitative estimate of drug-likeness (QED) is 0.853. The molecule has 1 heterocycles. The Balaban J connectivity index is 2.22. The maximum atomic E-state index is 12.2.